The zero-order chi connectivity index (χ0) is 10.7. The third-order valence-corrected chi connectivity index (χ3v) is 0. The topological polar surface area (TPSA) is 221 Å². The molecule has 0 rings (SSSR count). The molecule has 0 amide bonds. The SMILES string of the molecule is O.O=C([O-])[O-].O=C([O-])[O-].O=C([O-])[O-].[Na+].[Np]. The van der Waals surface area contributed by atoms with Gasteiger partial charge in [0.2, 0.25) is 0 Å². The van der Waals surface area contributed by atoms with Gasteiger partial charge in [-0.05, 0) is 18.5 Å². The Labute approximate surface area is 127 Å². The first-order chi connectivity index (χ1) is 5.20. The maximum Gasteiger partial charge on any atom is 1.00 e. The second kappa shape index (κ2) is 29.2. The fraction of sp³-hybridized carbons (Fsp3) is 0. The van der Waals surface area contributed by atoms with Gasteiger partial charge in [0, 0.05) is 29.9 Å². The number of hydrogen-bond acceptors (Lipinski definition) is 9. The molecule has 0 aliphatic rings. The largest absolute Gasteiger partial charge is 1.00 e. The predicted molar refractivity (Wildman–Crippen MR) is 19.8 cm³/mol. The van der Waals surface area contributed by atoms with Gasteiger partial charge in [-0.15, -0.1) is 0 Å². The fourth-order valence-electron chi connectivity index (χ4n) is 0. The molecule has 0 aromatic heterocycles. The van der Waals surface area contributed by atoms with Crippen molar-refractivity contribution in [1.29, 1.82) is 0 Å². The maximum absolute atomic E-state index is 8.33. The Morgan fingerprint density at radius 3 is 0.600 bits per heavy atom. The van der Waals surface area contributed by atoms with Crippen molar-refractivity contribution >= 4 is 18.5 Å². The summed E-state index contributed by atoms with van der Waals surface area (Å²) in [4.78, 5) is 25.0. The molecular formula is C3H2NaNpO10-5. The quantitative estimate of drug-likeness (QED) is 0.314. The first-order valence-corrected chi connectivity index (χ1v) is 1.84. The molecule has 0 unspecified atom stereocenters. The minimum Gasteiger partial charge on any atom is -0.652 e. The Morgan fingerprint density at radius 1 is 0.600 bits per heavy atom. The molecule has 0 saturated carbocycles. The van der Waals surface area contributed by atoms with Gasteiger partial charge in [0.15, 0.2) is 0 Å². The van der Waals surface area contributed by atoms with Crippen LogP contribution in [0.2, 0.25) is 0 Å². The maximum atomic E-state index is 8.33. The number of carbonyl (C=O) groups excluding carboxylic acids is 3. The smallest absolute Gasteiger partial charge is 0.652 e. The van der Waals surface area contributed by atoms with Gasteiger partial charge in [0.25, 0.3) is 0 Å². The van der Waals surface area contributed by atoms with Crippen LogP contribution in [0.1, 0.15) is 0 Å². The van der Waals surface area contributed by atoms with E-state index in [9.17, 15) is 0 Å². The van der Waals surface area contributed by atoms with E-state index in [0.717, 1.165) is 0 Å². The molecule has 0 fully saturated rings. The molecule has 1 radical (unpaired) electrons. The molecule has 15 heavy (non-hydrogen) atoms. The average molecular weight is 458 g/mol. The van der Waals surface area contributed by atoms with E-state index in [-0.39, 0.29) is 65.0 Å². The molecule has 10 nitrogen and oxygen atoms in total. The van der Waals surface area contributed by atoms with Gasteiger partial charge in [-0.1, -0.05) is 0 Å². The van der Waals surface area contributed by atoms with Crippen molar-refractivity contribution in [2.45, 2.75) is 0 Å². The van der Waals surface area contributed by atoms with Crippen LogP contribution in [0.3, 0.4) is 0 Å². The standard InChI is InChI=1S/3CH2O3.Na.Np.H2O/c3*2-1(3)4;;;/h3*(H2,2,3,4);;;1H2/q;;;+1;;/p-6. The van der Waals surface area contributed by atoms with Gasteiger partial charge in [-0.3, -0.25) is 0 Å². The van der Waals surface area contributed by atoms with Crippen LogP contribution in [-0.2, 0) is 0 Å². The van der Waals surface area contributed by atoms with Crippen LogP contribution < -0.4 is 60.2 Å². The Kier molecular flexibility index (Phi) is 70.9. The van der Waals surface area contributed by atoms with Gasteiger partial charge in [0.1, 0.15) is 0 Å². The van der Waals surface area contributed by atoms with Crippen molar-refractivity contribution in [1.82, 2.24) is 0 Å². The summed E-state index contributed by atoms with van der Waals surface area (Å²) >= 11 is 0. The molecule has 0 aliphatic heterocycles. The molecule has 2 N–H and O–H groups in total. The zero-order valence-corrected chi connectivity index (χ0v) is 12.8. The summed E-state index contributed by atoms with van der Waals surface area (Å²) in [7, 11) is 0. The Hall–Kier alpha value is -0.217. The second-order valence-corrected chi connectivity index (χ2v) is 0.750. The van der Waals surface area contributed by atoms with E-state index in [2.05, 4.69) is 0 Å². The summed E-state index contributed by atoms with van der Waals surface area (Å²) < 4.78 is 0. The van der Waals surface area contributed by atoms with Crippen molar-refractivity contribution in [3.05, 3.63) is 0 Å². The number of carboxylic acid groups (broad SMARTS) is 6. The van der Waals surface area contributed by atoms with E-state index in [0.29, 0.717) is 0 Å². The fourth-order valence-corrected chi connectivity index (χ4v) is 0. The molecule has 0 spiro atoms. The summed E-state index contributed by atoms with van der Waals surface area (Å²) in [5.74, 6) is 0. The second-order valence-electron chi connectivity index (χ2n) is 0.750. The van der Waals surface area contributed by atoms with Crippen LogP contribution in [0.15, 0.2) is 0 Å². The van der Waals surface area contributed by atoms with E-state index in [1.54, 1.807) is 0 Å². The van der Waals surface area contributed by atoms with Crippen LogP contribution in [0.25, 0.3) is 0 Å². The first kappa shape index (κ1) is 36.4. The monoisotopic (exact) mass is 457 g/mol. The van der Waals surface area contributed by atoms with E-state index in [4.69, 9.17) is 45.0 Å². The first-order valence-electron chi connectivity index (χ1n) is 1.84. The minimum atomic E-state index is -2.33. The molecule has 0 atom stereocenters. The van der Waals surface area contributed by atoms with E-state index in [1.807, 2.05) is 0 Å². The van der Waals surface area contributed by atoms with Gasteiger partial charge >= 0.3 is 29.6 Å². The Bertz CT molecular complexity index is 118. The Morgan fingerprint density at radius 2 is 0.600 bits per heavy atom. The van der Waals surface area contributed by atoms with E-state index >= 15 is 0 Å². The molecule has 85 valence electrons. The Balaban J connectivity index is -0.0000000184. The van der Waals surface area contributed by atoms with Crippen molar-refractivity contribution in [2.75, 3.05) is 0 Å². The van der Waals surface area contributed by atoms with Crippen molar-refractivity contribution < 1.29 is 110 Å². The van der Waals surface area contributed by atoms with Gasteiger partial charge in [-0.25, -0.2) is 0 Å². The minimum absolute atomic E-state index is 0. The van der Waals surface area contributed by atoms with Crippen molar-refractivity contribution in [3.8, 4) is 0 Å². The molecule has 0 aromatic rings. The summed E-state index contributed by atoms with van der Waals surface area (Å²) in [6.07, 6.45) is -7.00. The summed E-state index contributed by atoms with van der Waals surface area (Å²) in [5.41, 5.74) is 0. The van der Waals surface area contributed by atoms with Crippen molar-refractivity contribution in [3.63, 3.8) is 0 Å². The van der Waals surface area contributed by atoms with Crippen LogP contribution in [0.5, 0.6) is 0 Å². The molecule has 0 aromatic carbocycles. The predicted octanol–water partition coefficient (Wildman–Crippen LogP) is -11.2. The van der Waals surface area contributed by atoms with Gasteiger partial charge in [0.05, 0.1) is 0 Å². The third-order valence-electron chi connectivity index (χ3n) is 0. The summed E-state index contributed by atoms with van der Waals surface area (Å²) in [5, 5.41) is 50.0. The molecule has 0 aliphatic carbocycles. The zero-order valence-electron chi connectivity index (χ0n) is 7.12. The summed E-state index contributed by atoms with van der Waals surface area (Å²) in [6.45, 7) is 0. The molecule has 0 bridgehead atoms. The molecule has 0 saturated heterocycles. The van der Waals surface area contributed by atoms with E-state index in [1.165, 1.54) is 0 Å². The van der Waals surface area contributed by atoms with Gasteiger partial charge < -0.3 is 50.5 Å². The number of hydrogen-bond donors (Lipinski definition) is 0. The summed E-state index contributed by atoms with van der Waals surface area (Å²) in [6, 6.07) is 0. The molecular weight excluding hydrogens is 456 g/mol. The third kappa shape index (κ3) is 40600. The number of carbonyl (C=O) groups is 3. The van der Waals surface area contributed by atoms with Crippen molar-refractivity contribution in [2.24, 2.45) is 0 Å². The normalized spacial score (nSPS) is 4.80. The van der Waals surface area contributed by atoms with E-state index < -0.39 is 18.5 Å². The molecule has 12 heteroatoms. The average Bonchev–Trinajstić information content (AvgIpc) is 1.54. The van der Waals surface area contributed by atoms with Crippen LogP contribution in [-0.4, -0.2) is 23.9 Å². The van der Waals surface area contributed by atoms with Crippen LogP contribution in [0, 0.1) is 29.9 Å². The van der Waals surface area contributed by atoms with Crippen LogP contribution >= 0.6 is 0 Å². The van der Waals surface area contributed by atoms with Gasteiger partial charge in [-0.2, -0.15) is 0 Å². The molecule has 0 heterocycles. The van der Waals surface area contributed by atoms with Crippen LogP contribution in [0.4, 0.5) is 14.4 Å². The number of rotatable bonds is 0.